The molecule has 0 spiro atoms. The van der Waals surface area contributed by atoms with E-state index in [0.29, 0.717) is 18.0 Å². The topological polar surface area (TPSA) is 20.3 Å². The summed E-state index contributed by atoms with van der Waals surface area (Å²) in [5.74, 6) is 0.683. The predicted octanol–water partition coefficient (Wildman–Crippen LogP) is 4.61. The maximum atomic E-state index is 12.4. The maximum absolute atomic E-state index is 12.4. The van der Waals surface area contributed by atoms with Crippen molar-refractivity contribution < 1.29 is 4.79 Å². The fraction of sp³-hybridized carbons (Fsp3) is 0.526. The van der Waals surface area contributed by atoms with E-state index in [0.717, 1.165) is 18.4 Å². The van der Waals surface area contributed by atoms with Crippen LogP contribution in [0, 0.1) is 0 Å². The van der Waals surface area contributed by atoms with Crippen molar-refractivity contribution in [3.63, 3.8) is 0 Å². The second kappa shape index (κ2) is 6.93. The summed E-state index contributed by atoms with van der Waals surface area (Å²) in [5, 5.41) is 0. The summed E-state index contributed by atoms with van der Waals surface area (Å²) in [6.07, 6.45) is 7.12. The molecule has 0 aliphatic carbocycles. The monoisotopic (exact) mass is 285 g/mol. The number of likely N-dealkylation sites (tertiary alicyclic amines) is 1. The van der Waals surface area contributed by atoms with Gasteiger partial charge in [-0.2, -0.15) is 0 Å². The minimum absolute atomic E-state index is 0.141. The highest BCUT2D eigenvalue weighted by Gasteiger charge is 2.27. The summed E-state index contributed by atoms with van der Waals surface area (Å²) in [6.45, 7) is 8.68. The first kappa shape index (κ1) is 15.8. The van der Waals surface area contributed by atoms with Crippen molar-refractivity contribution in [1.29, 1.82) is 0 Å². The summed E-state index contributed by atoms with van der Waals surface area (Å²) in [5.41, 5.74) is 2.42. The van der Waals surface area contributed by atoms with Gasteiger partial charge in [-0.1, -0.05) is 38.1 Å². The van der Waals surface area contributed by atoms with E-state index < -0.39 is 0 Å². The summed E-state index contributed by atoms with van der Waals surface area (Å²) >= 11 is 0. The lowest BCUT2D eigenvalue weighted by atomic mass is 9.97. The summed E-state index contributed by atoms with van der Waals surface area (Å²) in [4.78, 5) is 14.4. The molecule has 0 saturated carbocycles. The van der Waals surface area contributed by atoms with Crippen LogP contribution >= 0.6 is 0 Å². The van der Waals surface area contributed by atoms with Crippen LogP contribution in [-0.4, -0.2) is 22.9 Å². The van der Waals surface area contributed by atoms with Gasteiger partial charge >= 0.3 is 0 Å². The second-order valence-corrected chi connectivity index (χ2v) is 6.53. The molecule has 1 aliphatic heterocycles. The lowest BCUT2D eigenvalue weighted by molar-refractivity contribution is -0.131. The molecule has 1 saturated heterocycles. The first-order valence-corrected chi connectivity index (χ1v) is 8.09. The molecule has 2 heteroatoms. The fourth-order valence-corrected chi connectivity index (χ4v) is 3.10. The van der Waals surface area contributed by atoms with Crippen molar-refractivity contribution >= 4 is 12.0 Å². The van der Waals surface area contributed by atoms with Crippen LogP contribution in [0.2, 0.25) is 0 Å². The number of rotatable bonds is 3. The van der Waals surface area contributed by atoms with Gasteiger partial charge in [0, 0.05) is 18.2 Å². The highest BCUT2D eigenvalue weighted by molar-refractivity contribution is 5.92. The van der Waals surface area contributed by atoms with Crippen LogP contribution in [0.5, 0.6) is 0 Å². The summed E-state index contributed by atoms with van der Waals surface area (Å²) in [6, 6.07) is 9.16. The van der Waals surface area contributed by atoms with Crippen molar-refractivity contribution in [3.05, 3.63) is 41.5 Å². The molecule has 0 N–H and O–H groups in total. The Balaban J connectivity index is 2.04. The first-order valence-electron chi connectivity index (χ1n) is 8.09. The largest absolute Gasteiger partial charge is 0.334 e. The number of hydrogen-bond acceptors (Lipinski definition) is 1. The normalized spacial score (nSPS) is 23.0. The van der Waals surface area contributed by atoms with Gasteiger partial charge in [0.2, 0.25) is 5.91 Å². The van der Waals surface area contributed by atoms with Crippen LogP contribution in [0.15, 0.2) is 30.3 Å². The molecule has 1 aromatic rings. The molecule has 1 aromatic carbocycles. The molecule has 2 rings (SSSR count). The van der Waals surface area contributed by atoms with Gasteiger partial charge in [0.1, 0.15) is 0 Å². The maximum Gasteiger partial charge on any atom is 0.247 e. The molecule has 2 nitrogen and oxygen atoms in total. The molecule has 2 unspecified atom stereocenters. The zero-order valence-corrected chi connectivity index (χ0v) is 13.7. The third-order valence-electron chi connectivity index (χ3n) is 4.47. The van der Waals surface area contributed by atoms with E-state index in [1.54, 1.807) is 6.08 Å². The second-order valence-electron chi connectivity index (χ2n) is 6.53. The van der Waals surface area contributed by atoms with Crippen LogP contribution in [0.25, 0.3) is 6.08 Å². The van der Waals surface area contributed by atoms with E-state index in [4.69, 9.17) is 0 Å². The molecule has 1 fully saturated rings. The molecule has 0 aromatic heterocycles. The Morgan fingerprint density at radius 2 is 1.71 bits per heavy atom. The Morgan fingerprint density at radius 1 is 1.14 bits per heavy atom. The van der Waals surface area contributed by atoms with Gasteiger partial charge in [-0.3, -0.25) is 4.79 Å². The van der Waals surface area contributed by atoms with Gasteiger partial charge in [-0.05, 0) is 56.2 Å². The number of piperidine rings is 1. The number of hydrogen-bond donors (Lipinski definition) is 0. The molecule has 1 aliphatic rings. The van der Waals surface area contributed by atoms with Crippen molar-refractivity contribution in [2.45, 2.75) is 65.0 Å². The zero-order chi connectivity index (χ0) is 15.4. The van der Waals surface area contributed by atoms with Gasteiger partial charge in [0.25, 0.3) is 0 Å². The number of carbonyl (C=O) groups is 1. The van der Waals surface area contributed by atoms with E-state index in [9.17, 15) is 4.79 Å². The Morgan fingerprint density at radius 3 is 2.24 bits per heavy atom. The molecule has 0 bridgehead atoms. The van der Waals surface area contributed by atoms with Crippen LogP contribution in [0.1, 0.15) is 64.0 Å². The Hall–Kier alpha value is -1.57. The van der Waals surface area contributed by atoms with Gasteiger partial charge in [0.05, 0.1) is 0 Å². The number of carbonyl (C=O) groups excluding carboxylic acids is 1. The Labute approximate surface area is 128 Å². The lowest BCUT2D eigenvalue weighted by Gasteiger charge is -2.38. The van der Waals surface area contributed by atoms with Gasteiger partial charge < -0.3 is 4.90 Å². The number of nitrogens with zero attached hydrogens (tertiary/aromatic N) is 1. The van der Waals surface area contributed by atoms with Crippen LogP contribution in [0.3, 0.4) is 0 Å². The van der Waals surface area contributed by atoms with E-state index in [-0.39, 0.29) is 5.91 Å². The molecule has 0 radical (unpaired) electrons. The molecular formula is C19H27NO. The highest BCUT2D eigenvalue weighted by Crippen LogP contribution is 2.23. The van der Waals surface area contributed by atoms with Crippen LogP contribution < -0.4 is 0 Å². The molecule has 21 heavy (non-hydrogen) atoms. The standard InChI is InChI=1S/C19H27NO/c1-14(2)18-11-8-17(9-12-18)10-13-19(21)20-15(3)6-5-7-16(20)4/h8-16H,5-7H2,1-4H3/b13-10+. The van der Waals surface area contributed by atoms with Crippen molar-refractivity contribution in [2.24, 2.45) is 0 Å². The number of benzene rings is 1. The van der Waals surface area contributed by atoms with Crippen molar-refractivity contribution in [1.82, 2.24) is 4.90 Å². The Bertz CT molecular complexity index is 491. The van der Waals surface area contributed by atoms with Crippen LogP contribution in [0.4, 0.5) is 0 Å². The molecule has 2 atom stereocenters. The van der Waals surface area contributed by atoms with E-state index in [1.165, 1.54) is 12.0 Å². The van der Waals surface area contributed by atoms with Gasteiger partial charge in [0.15, 0.2) is 0 Å². The van der Waals surface area contributed by atoms with Crippen molar-refractivity contribution in [2.75, 3.05) is 0 Å². The fourth-order valence-electron chi connectivity index (χ4n) is 3.10. The minimum Gasteiger partial charge on any atom is -0.334 e. The minimum atomic E-state index is 0.141. The smallest absolute Gasteiger partial charge is 0.247 e. The molecule has 114 valence electrons. The van der Waals surface area contributed by atoms with Gasteiger partial charge in [-0.15, -0.1) is 0 Å². The van der Waals surface area contributed by atoms with E-state index in [2.05, 4.69) is 52.0 Å². The zero-order valence-electron chi connectivity index (χ0n) is 13.7. The third kappa shape index (κ3) is 3.96. The Kier molecular flexibility index (Phi) is 5.22. The van der Waals surface area contributed by atoms with Gasteiger partial charge in [-0.25, -0.2) is 0 Å². The van der Waals surface area contributed by atoms with Crippen molar-refractivity contribution in [3.8, 4) is 0 Å². The molecule has 1 amide bonds. The summed E-state index contributed by atoms with van der Waals surface area (Å²) < 4.78 is 0. The highest BCUT2D eigenvalue weighted by atomic mass is 16.2. The lowest BCUT2D eigenvalue weighted by Crippen LogP contribution is -2.46. The molecule has 1 heterocycles. The third-order valence-corrected chi connectivity index (χ3v) is 4.47. The average Bonchev–Trinajstić information content (AvgIpc) is 2.45. The van der Waals surface area contributed by atoms with Crippen LogP contribution in [-0.2, 0) is 4.79 Å². The van der Waals surface area contributed by atoms with E-state index >= 15 is 0 Å². The quantitative estimate of drug-likeness (QED) is 0.742. The summed E-state index contributed by atoms with van der Waals surface area (Å²) in [7, 11) is 0. The molecular weight excluding hydrogens is 258 g/mol. The average molecular weight is 285 g/mol. The predicted molar refractivity (Wildman–Crippen MR) is 89.2 cm³/mol. The first-order chi connectivity index (χ1) is 9.99. The number of amides is 1. The SMILES string of the molecule is CC(C)c1ccc(/C=C/C(=O)N2C(C)CCCC2C)cc1. The van der Waals surface area contributed by atoms with E-state index in [1.807, 2.05) is 11.0 Å².